The Kier molecular flexibility index (Phi) is 3.91. The number of oxime groups is 1. The van der Waals surface area contributed by atoms with Gasteiger partial charge in [-0.15, -0.1) is 11.6 Å². The van der Waals surface area contributed by atoms with Gasteiger partial charge >= 0.3 is 0 Å². The second kappa shape index (κ2) is 5.44. The SMILES string of the molecule is NC(=O)C1(c2ccc(/C=N/OCCCl)[nH]2)CCC1. The number of H-pyrrole nitrogens is 1. The Morgan fingerprint density at radius 2 is 2.39 bits per heavy atom. The summed E-state index contributed by atoms with van der Waals surface area (Å²) in [5.41, 5.74) is 6.62. The van der Waals surface area contributed by atoms with Crippen LogP contribution in [0.5, 0.6) is 0 Å². The number of hydrogen-bond acceptors (Lipinski definition) is 3. The van der Waals surface area contributed by atoms with Crippen molar-refractivity contribution in [3.05, 3.63) is 23.5 Å². The molecule has 0 aliphatic heterocycles. The van der Waals surface area contributed by atoms with Crippen molar-refractivity contribution in [3.8, 4) is 0 Å². The smallest absolute Gasteiger partial charge is 0.229 e. The summed E-state index contributed by atoms with van der Waals surface area (Å²) in [7, 11) is 0. The van der Waals surface area contributed by atoms with E-state index < -0.39 is 5.41 Å². The third kappa shape index (κ3) is 2.36. The molecule has 1 amide bonds. The molecule has 1 heterocycles. The Hall–Kier alpha value is -1.49. The summed E-state index contributed by atoms with van der Waals surface area (Å²) in [6, 6.07) is 3.73. The van der Waals surface area contributed by atoms with Crippen LogP contribution in [0.4, 0.5) is 0 Å². The lowest BCUT2D eigenvalue weighted by Crippen LogP contribution is -2.47. The number of rotatable bonds is 6. The number of primary amides is 1. The minimum absolute atomic E-state index is 0.266. The highest BCUT2D eigenvalue weighted by atomic mass is 35.5. The number of nitrogens with zero attached hydrogens (tertiary/aromatic N) is 1. The number of nitrogens with two attached hydrogens (primary N) is 1. The van der Waals surface area contributed by atoms with Crippen molar-refractivity contribution in [3.63, 3.8) is 0 Å². The average Bonchev–Trinajstić information content (AvgIpc) is 2.71. The first-order chi connectivity index (χ1) is 8.69. The number of amides is 1. The van der Waals surface area contributed by atoms with Crippen molar-refractivity contribution in [1.29, 1.82) is 0 Å². The minimum atomic E-state index is -0.511. The molecule has 3 N–H and O–H groups in total. The average molecular weight is 270 g/mol. The molecule has 5 nitrogen and oxygen atoms in total. The summed E-state index contributed by atoms with van der Waals surface area (Å²) < 4.78 is 0. The van der Waals surface area contributed by atoms with Crippen LogP contribution in [0.15, 0.2) is 17.3 Å². The van der Waals surface area contributed by atoms with Crippen LogP contribution in [0.25, 0.3) is 0 Å². The van der Waals surface area contributed by atoms with Gasteiger partial charge in [0.15, 0.2) is 0 Å². The lowest BCUT2D eigenvalue weighted by atomic mass is 9.66. The van der Waals surface area contributed by atoms with E-state index in [-0.39, 0.29) is 5.91 Å². The van der Waals surface area contributed by atoms with E-state index in [0.29, 0.717) is 12.5 Å². The van der Waals surface area contributed by atoms with Gasteiger partial charge in [-0.25, -0.2) is 0 Å². The quantitative estimate of drug-likeness (QED) is 0.355. The fourth-order valence-electron chi connectivity index (χ4n) is 2.13. The Morgan fingerprint density at radius 1 is 1.61 bits per heavy atom. The first-order valence-corrected chi connectivity index (χ1v) is 6.43. The lowest BCUT2D eigenvalue weighted by molar-refractivity contribution is -0.126. The molecule has 0 bridgehead atoms. The molecule has 0 spiro atoms. The van der Waals surface area contributed by atoms with E-state index in [0.717, 1.165) is 30.7 Å². The summed E-state index contributed by atoms with van der Waals surface area (Å²) in [5.74, 6) is 0.135. The fraction of sp³-hybridized carbons (Fsp3) is 0.500. The predicted octanol–water partition coefficient (Wildman–Crippen LogP) is 1.51. The van der Waals surface area contributed by atoms with Gasteiger partial charge in [0.05, 0.1) is 23.2 Å². The largest absolute Gasteiger partial charge is 0.394 e. The molecule has 0 atom stereocenters. The molecule has 1 aliphatic carbocycles. The van der Waals surface area contributed by atoms with Crippen molar-refractivity contribution in [2.24, 2.45) is 10.9 Å². The summed E-state index contributed by atoms with van der Waals surface area (Å²) in [5, 5.41) is 3.76. The Bertz CT molecular complexity index is 452. The van der Waals surface area contributed by atoms with E-state index in [1.807, 2.05) is 12.1 Å². The third-order valence-electron chi connectivity index (χ3n) is 3.34. The fourth-order valence-corrected chi connectivity index (χ4v) is 2.20. The number of carbonyl (C=O) groups excluding carboxylic acids is 1. The number of aromatic amines is 1. The van der Waals surface area contributed by atoms with Crippen LogP contribution in [-0.4, -0.2) is 29.6 Å². The number of alkyl halides is 1. The first kappa shape index (κ1) is 13.0. The van der Waals surface area contributed by atoms with Crippen LogP contribution in [0.1, 0.15) is 30.7 Å². The maximum atomic E-state index is 11.5. The van der Waals surface area contributed by atoms with Crippen LogP contribution in [-0.2, 0) is 15.0 Å². The van der Waals surface area contributed by atoms with E-state index in [1.54, 1.807) is 6.21 Å². The molecule has 2 rings (SSSR count). The standard InChI is InChI=1S/C12H16ClN3O2/c13-6-7-18-15-8-9-2-3-10(16-9)12(11(14)17)4-1-5-12/h2-3,8,16H,1,4-7H2,(H2,14,17)/b15-8+. The number of aromatic nitrogens is 1. The van der Waals surface area contributed by atoms with E-state index in [2.05, 4.69) is 10.1 Å². The van der Waals surface area contributed by atoms with Crippen molar-refractivity contribution in [2.45, 2.75) is 24.7 Å². The van der Waals surface area contributed by atoms with Crippen LogP contribution in [0.2, 0.25) is 0 Å². The molecular formula is C12H16ClN3O2. The van der Waals surface area contributed by atoms with Crippen LogP contribution < -0.4 is 5.73 Å². The van der Waals surface area contributed by atoms with E-state index in [4.69, 9.17) is 22.2 Å². The number of nitrogens with one attached hydrogen (secondary N) is 1. The molecular weight excluding hydrogens is 254 g/mol. The Balaban J connectivity index is 2.06. The molecule has 98 valence electrons. The summed E-state index contributed by atoms with van der Waals surface area (Å²) in [6.07, 6.45) is 4.21. The molecule has 6 heteroatoms. The number of hydrogen-bond donors (Lipinski definition) is 2. The highest BCUT2D eigenvalue weighted by molar-refractivity contribution is 6.17. The monoisotopic (exact) mass is 269 g/mol. The van der Waals surface area contributed by atoms with Crippen molar-refractivity contribution < 1.29 is 9.63 Å². The van der Waals surface area contributed by atoms with Crippen LogP contribution in [0.3, 0.4) is 0 Å². The normalized spacial score (nSPS) is 17.6. The van der Waals surface area contributed by atoms with Gasteiger partial charge in [-0.1, -0.05) is 11.6 Å². The zero-order chi connectivity index (χ0) is 13.0. The van der Waals surface area contributed by atoms with Gasteiger partial charge in [0.1, 0.15) is 6.61 Å². The van der Waals surface area contributed by atoms with Gasteiger partial charge in [-0.2, -0.15) is 0 Å². The van der Waals surface area contributed by atoms with Crippen LogP contribution >= 0.6 is 11.6 Å². The van der Waals surface area contributed by atoms with E-state index in [1.165, 1.54) is 0 Å². The van der Waals surface area contributed by atoms with Gasteiger partial charge in [0, 0.05) is 5.69 Å². The minimum Gasteiger partial charge on any atom is -0.394 e. The van der Waals surface area contributed by atoms with Crippen molar-refractivity contribution >= 4 is 23.7 Å². The van der Waals surface area contributed by atoms with Crippen molar-refractivity contribution in [1.82, 2.24) is 4.98 Å². The molecule has 1 saturated carbocycles. The number of carbonyl (C=O) groups is 1. The molecule has 1 aromatic heterocycles. The highest BCUT2D eigenvalue weighted by Gasteiger charge is 2.45. The molecule has 1 aromatic rings. The van der Waals surface area contributed by atoms with Gasteiger partial charge in [-0.05, 0) is 25.0 Å². The second-order valence-corrected chi connectivity index (χ2v) is 4.76. The highest BCUT2D eigenvalue weighted by Crippen LogP contribution is 2.42. The summed E-state index contributed by atoms with van der Waals surface area (Å²) in [4.78, 5) is 19.6. The third-order valence-corrected chi connectivity index (χ3v) is 3.49. The van der Waals surface area contributed by atoms with Crippen LogP contribution in [0, 0.1) is 0 Å². The van der Waals surface area contributed by atoms with Crippen molar-refractivity contribution in [2.75, 3.05) is 12.5 Å². The molecule has 0 aromatic carbocycles. The molecule has 18 heavy (non-hydrogen) atoms. The predicted molar refractivity (Wildman–Crippen MR) is 69.8 cm³/mol. The van der Waals surface area contributed by atoms with Gasteiger partial charge in [0.25, 0.3) is 0 Å². The maximum absolute atomic E-state index is 11.5. The number of halogens is 1. The Labute approximate surface area is 110 Å². The van der Waals surface area contributed by atoms with E-state index in [9.17, 15) is 4.79 Å². The summed E-state index contributed by atoms with van der Waals surface area (Å²) >= 11 is 5.45. The van der Waals surface area contributed by atoms with E-state index >= 15 is 0 Å². The first-order valence-electron chi connectivity index (χ1n) is 5.90. The van der Waals surface area contributed by atoms with Gasteiger partial charge < -0.3 is 15.6 Å². The second-order valence-electron chi connectivity index (χ2n) is 4.38. The molecule has 0 radical (unpaired) electrons. The molecule has 0 unspecified atom stereocenters. The lowest BCUT2D eigenvalue weighted by Gasteiger charge is -2.38. The molecule has 1 fully saturated rings. The topological polar surface area (TPSA) is 80.5 Å². The van der Waals surface area contributed by atoms with Gasteiger partial charge in [-0.3, -0.25) is 4.79 Å². The zero-order valence-corrected chi connectivity index (χ0v) is 10.7. The Morgan fingerprint density at radius 3 is 2.94 bits per heavy atom. The molecule has 0 saturated heterocycles. The molecule has 1 aliphatic rings. The summed E-state index contributed by atoms with van der Waals surface area (Å²) in [6.45, 7) is 0.372. The zero-order valence-electron chi connectivity index (χ0n) is 9.99. The maximum Gasteiger partial charge on any atom is 0.229 e. The van der Waals surface area contributed by atoms with Gasteiger partial charge in [0.2, 0.25) is 5.91 Å².